The van der Waals surface area contributed by atoms with Gasteiger partial charge in [0.2, 0.25) is 0 Å². The van der Waals surface area contributed by atoms with Gasteiger partial charge in [0.15, 0.2) is 6.61 Å². The number of aliphatic hydroxyl groups is 1. The number of likely N-dealkylation sites (N-methyl/N-ethyl adjacent to an activating group) is 1. The molecule has 1 atom stereocenters. The van der Waals surface area contributed by atoms with E-state index in [1.165, 1.54) is 0 Å². The van der Waals surface area contributed by atoms with Crippen LogP contribution in [0.1, 0.15) is 25.3 Å². The van der Waals surface area contributed by atoms with E-state index >= 15 is 0 Å². The van der Waals surface area contributed by atoms with Crippen molar-refractivity contribution in [3.63, 3.8) is 0 Å². The first-order valence-electron chi connectivity index (χ1n) is 6.71. The van der Waals surface area contributed by atoms with E-state index < -0.39 is 0 Å². The van der Waals surface area contributed by atoms with Crippen LogP contribution in [0, 0.1) is 0 Å². The Balaban J connectivity index is 1.80. The summed E-state index contributed by atoms with van der Waals surface area (Å²) in [6.07, 6.45) is 2.50. The second-order valence-corrected chi connectivity index (χ2v) is 5.22. The molecule has 104 valence electrons. The van der Waals surface area contributed by atoms with Crippen molar-refractivity contribution in [3.05, 3.63) is 29.8 Å². The molecule has 4 heteroatoms. The Morgan fingerprint density at radius 3 is 2.58 bits per heavy atom. The van der Waals surface area contributed by atoms with Gasteiger partial charge in [0.25, 0.3) is 5.91 Å². The van der Waals surface area contributed by atoms with Crippen molar-refractivity contribution in [1.82, 2.24) is 4.90 Å². The van der Waals surface area contributed by atoms with Crippen LogP contribution in [0.4, 0.5) is 0 Å². The zero-order chi connectivity index (χ0) is 13.8. The van der Waals surface area contributed by atoms with Gasteiger partial charge in [-0.05, 0) is 43.9 Å². The van der Waals surface area contributed by atoms with Crippen molar-refractivity contribution < 1.29 is 14.6 Å². The molecule has 0 heterocycles. The molecule has 4 nitrogen and oxygen atoms in total. The Kier molecular flexibility index (Phi) is 4.43. The van der Waals surface area contributed by atoms with Crippen molar-refractivity contribution in [3.8, 4) is 5.75 Å². The average molecular weight is 263 g/mol. The maximum absolute atomic E-state index is 11.8. The van der Waals surface area contributed by atoms with E-state index in [0.717, 1.165) is 18.4 Å². The fraction of sp³-hybridized carbons (Fsp3) is 0.533. The lowest BCUT2D eigenvalue weighted by atomic mass is 10.1. The van der Waals surface area contributed by atoms with Gasteiger partial charge in [0.1, 0.15) is 5.75 Å². The molecule has 1 aromatic carbocycles. The Morgan fingerprint density at radius 2 is 2.05 bits per heavy atom. The summed E-state index contributed by atoms with van der Waals surface area (Å²) in [5.41, 5.74) is 1.06. The molecule has 1 aliphatic carbocycles. The molecule has 19 heavy (non-hydrogen) atoms. The molecule has 1 saturated carbocycles. The van der Waals surface area contributed by atoms with E-state index in [1.807, 2.05) is 31.3 Å². The van der Waals surface area contributed by atoms with Crippen LogP contribution in [0.3, 0.4) is 0 Å². The minimum absolute atomic E-state index is 0.0237. The van der Waals surface area contributed by atoms with Crippen LogP contribution >= 0.6 is 0 Å². The first-order valence-corrected chi connectivity index (χ1v) is 6.71. The second kappa shape index (κ2) is 6.06. The number of benzene rings is 1. The number of aliphatic hydroxyl groups excluding tert-OH is 1. The molecule has 0 saturated heterocycles. The highest BCUT2D eigenvalue weighted by atomic mass is 16.5. The Morgan fingerprint density at radius 1 is 1.42 bits per heavy atom. The monoisotopic (exact) mass is 263 g/mol. The molecule has 0 radical (unpaired) electrons. The highest BCUT2D eigenvalue weighted by Gasteiger charge is 2.29. The maximum atomic E-state index is 11.8. The van der Waals surface area contributed by atoms with Gasteiger partial charge in [-0.2, -0.15) is 0 Å². The SMILES string of the molecule is CC(O)Cc1ccc(OCC(=O)N(C)C2CC2)cc1. The fourth-order valence-corrected chi connectivity index (χ4v) is 1.98. The Hall–Kier alpha value is -1.55. The van der Waals surface area contributed by atoms with Crippen molar-refractivity contribution in [2.24, 2.45) is 0 Å². The Bertz CT molecular complexity index is 424. The summed E-state index contributed by atoms with van der Waals surface area (Å²) >= 11 is 0. The summed E-state index contributed by atoms with van der Waals surface area (Å²) in [5.74, 6) is 0.711. The molecule has 1 aliphatic rings. The third kappa shape index (κ3) is 4.24. The van der Waals surface area contributed by atoms with Crippen molar-refractivity contribution >= 4 is 5.91 Å². The smallest absolute Gasteiger partial charge is 0.260 e. The number of rotatable bonds is 6. The molecular formula is C15H21NO3. The minimum Gasteiger partial charge on any atom is -0.484 e. The molecule has 0 bridgehead atoms. The van der Waals surface area contributed by atoms with Gasteiger partial charge in [-0.15, -0.1) is 0 Å². The molecule has 1 aromatic rings. The fourth-order valence-electron chi connectivity index (χ4n) is 1.98. The predicted molar refractivity (Wildman–Crippen MR) is 73.1 cm³/mol. The van der Waals surface area contributed by atoms with Crippen molar-refractivity contribution in [2.75, 3.05) is 13.7 Å². The summed E-state index contributed by atoms with van der Waals surface area (Å²) in [5, 5.41) is 9.29. The Labute approximate surface area is 114 Å². The summed E-state index contributed by atoms with van der Waals surface area (Å²) in [4.78, 5) is 13.5. The molecule has 0 spiro atoms. The third-order valence-corrected chi connectivity index (χ3v) is 3.30. The van der Waals surface area contributed by atoms with E-state index in [2.05, 4.69) is 0 Å². The van der Waals surface area contributed by atoms with E-state index in [-0.39, 0.29) is 18.6 Å². The minimum atomic E-state index is -0.347. The van der Waals surface area contributed by atoms with Crippen LogP contribution in [-0.2, 0) is 11.2 Å². The molecular weight excluding hydrogens is 242 g/mol. The van der Waals surface area contributed by atoms with Crippen LogP contribution in [0.5, 0.6) is 5.75 Å². The quantitative estimate of drug-likeness (QED) is 0.848. The number of ether oxygens (including phenoxy) is 1. The number of carbonyl (C=O) groups is 1. The summed E-state index contributed by atoms with van der Waals surface area (Å²) in [6, 6.07) is 7.92. The molecule has 1 fully saturated rings. The number of carbonyl (C=O) groups excluding carboxylic acids is 1. The topological polar surface area (TPSA) is 49.8 Å². The summed E-state index contributed by atoms with van der Waals surface area (Å²) in [6.45, 7) is 1.85. The second-order valence-electron chi connectivity index (χ2n) is 5.22. The van der Waals surface area contributed by atoms with Crippen molar-refractivity contribution in [2.45, 2.75) is 38.3 Å². The largest absolute Gasteiger partial charge is 0.484 e. The number of hydrogen-bond acceptors (Lipinski definition) is 3. The molecule has 2 rings (SSSR count). The first-order chi connectivity index (χ1) is 9.06. The zero-order valence-electron chi connectivity index (χ0n) is 11.5. The van der Waals surface area contributed by atoms with Gasteiger partial charge in [-0.3, -0.25) is 4.79 Å². The first kappa shape index (κ1) is 13.9. The normalized spacial score (nSPS) is 15.9. The van der Waals surface area contributed by atoms with Gasteiger partial charge in [-0.25, -0.2) is 0 Å². The van der Waals surface area contributed by atoms with Gasteiger partial charge < -0.3 is 14.7 Å². The maximum Gasteiger partial charge on any atom is 0.260 e. The van der Waals surface area contributed by atoms with E-state index in [9.17, 15) is 9.90 Å². The van der Waals surface area contributed by atoms with Crippen molar-refractivity contribution in [1.29, 1.82) is 0 Å². The van der Waals surface area contributed by atoms with Crippen LogP contribution in [0.2, 0.25) is 0 Å². The van der Waals surface area contributed by atoms with E-state index in [1.54, 1.807) is 11.8 Å². The summed E-state index contributed by atoms with van der Waals surface area (Å²) < 4.78 is 5.47. The van der Waals surface area contributed by atoms with E-state index in [4.69, 9.17) is 4.74 Å². The van der Waals surface area contributed by atoms with Gasteiger partial charge in [0.05, 0.1) is 6.10 Å². The highest BCUT2D eigenvalue weighted by Crippen LogP contribution is 2.25. The number of amides is 1. The standard InChI is InChI=1S/C15H21NO3/c1-11(17)9-12-3-7-14(8-4-12)19-10-15(18)16(2)13-5-6-13/h3-4,7-8,11,13,17H,5-6,9-10H2,1-2H3. The zero-order valence-corrected chi connectivity index (χ0v) is 11.5. The molecule has 1 unspecified atom stereocenters. The van der Waals surface area contributed by atoms with Crippen LogP contribution in [0.25, 0.3) is 0 Å². The lowest BCUT2D eigenvalue weighted by Crippen LogP contribution is -2.33. The van der Waals surface area contributed by atoms with Gasteiger partial charge in [-0.1, -0.05) is 12.1 Å². The highest BCUT2D eigenvalue weighted by molar-refractivity contribution is 5.78. The molecule has 1 amide bonds. The number of hydrogen-bond donors (Lipinski definition) is 1. The average Bonchev–Trinajstić information content (AvgIpc) is 3.20. The van der Waals surface area contributed by atoms with Crippen LogP contribution < -0.4 is 4.74 Å². The van der Waals surface area contributed by atoms with Crippen LogP contribution in [0.15, 0.2) is 24.3 Å². The van der Waals surface area contributed by atoms with Crippen LogP contribution in [-0.4, -0.2) is 41.7 Å². The lowest BCUT2D eigenvalue weighted by Gasteiger charge is -2.16. The third-order valence-electron chi connectivity index (χ3n) is 3.30. The predicted octanol–water partition coefficient (Wildman–Crippen LogP) is 1.61. The summed E-state index contributed by atoms with van der Waals surface area (Å²) in [7, 11) is 1.83. The van der Waals surface area contributed by atoms with E-state index in [0.29, 0.717) is 18.2 Å². The molecule has 1 N–H and O–H groups in total. The lowest BCUT2D eigenvalue weighted by molar-refractivity contribution is -0.132. The molecule has 0 aliphatic heterocycles. The molecule has 0 aromatic heterocycles. The number of nitrogens with zero attached hydrogens (tertiary/aromatic N) is 1. The van der Waals surface area contributed by atoms with Gasteiger partial charge >= 0.3 is 0 Å². The van der Waals surface area contributed by atoms with Gasteiger partial charge in [0, 0.05) is 13.1 Å².